The first kappa shape index (κ1) is 17.0. The first-order chi connectivity index (χ1) is 11.0. The predicted molar refractivity (Wildman–Crippen MR) is 94.1 cm³/mol. The molecule has 1 aromatic heterocycles. The third-order valence-electron chi connectivity index (χ3n) is 2.88. The van der Waals surface area contributed by atoms with Gasteiger partial charge in [0.1, 0.15) is 17.5 Å². The van der Waals surface area contributed by atoms with E-state index in [1.54, 1.807) is 36.5 Å². The van der Waals surface area contributed by atoms with E-state index in [-0.39, 0.29) is 5.57 Å². The van der Waals surface area contributed by atoms with Gasteiger partial charge in [-0.25, -0.2) is 4.98 Å². The number of hydrogen-bond acceptors (Lipinski definition) is 4. The molecule has 0 atom stereocenters. The first-order valence-electron chi connectivity index (χ1n) is 6.55. The quantitative estimate of drug-likeness (QED) is 0.603. The second-order valence-electron chi connectivity index (χ2n) is 4.59. The standard InChI is InChI=1S/C16H12BrClN4O/c1-10-2-3-13(7-14(10)18)22-16(23)11(8-19)9-21-15-6-12(17)4-5-20-15/h2-7,9H,1H3,(H,20,21)(H,22,23)/b11-9-. The molecule has 0 radical (unpaired) electrons. The summed E-state index contributed by atoms with van der Waals surface area (Å²) in [5.74, 6) is -0.0202. The Bertz CT molecular complexity index is 814. The number of carbonyl (C=O) groups is 1. The van der Waals surface area contributed by atoms with E-state index in [0.717, 1.165) is 10.0 Å². The molecule has 5 nitrogen and oxygen atoms in total. The number of nitrogens with one attached hydrogen (secondary N) is 2. The number of aromatic nitrogens is 1. The molecule has 0 aliphatic rings. The van der Waals surface area contributed by atoms with E-state index < -0.39 is 5.91 Å². The number of rotatable bonds is 4. The van der Waals surface area contributed by atoms with E-state index in [2.05, 4.69) is 31.5 Å². The van der Waals surface area contributed by atoms with Gasteiger partial charge in [-0.15, -0.1) is 0 Å². The van der Waals surface area contributed by atoms with Crippen molar-refractivity contribution in [3.8, 4) is 6.07 Å². The number of carbonyl (C=O) groups excluding carboxylic acids is 1. The number of nitrogens with zero attached hydrogens (tertiary/aromatic N) is 2. The second-order valence-corrected chi connectivity index (χ2v) is 5.91. The Kier molecular flexibility index (Phi) is 5.74. The van der Waals surface area contributed by atoms with E-state index in [0.29, 0.717) is 16.5 Å². The number of benzene rings is 1. The molecule has 1 amide bonds. The van der Waals surface area contributed by atoms with Crippen LogP contribution in [-0.2, 0) is 4.79 Å². The highest BCUT2D eigenvalue weighted by Gasteiger charge is 2.10. The van der Waals surface area contributed by atoms with Gasteiger partial charge in [-0.3, -0.25) is 4.79 Å². The Hall–Kier alpha value is -2.36. The van der Waals surface area contributed by atoms with Gasteiger partial charge < -0.3 is 10.6 Å². The minimum atomic E-state index is -0.532. The lowest BCUT2D eigenvalue weighted by Gasteiger charge is -2.06. The smallest absolute Gasteiger partial charge is 0.267 e. The fraction of sp³-hybridized carbons (Fsp3) is 0.0625. The maximum atomic E-state index is 12.1. The van der Waals surface area contributed by atoms with E-state index >= 15 is 0 Å². The van der Waals surface area contributed by atoms with Crippen molar-refractivity contribution in [1.82, 2.24) is 4.98 Å². The molecule has 2 N–H and O–H groups in total. The van der Waals surface area contributed by atoms with Crippen LogP contribution < -0.4 is 10.6 Å². The lowest BCUT2D eigenvalue weighted by Crippen LogP contribution is -2.14. The van der Waals surface area contributed by atoms with Gasteiger partial charge in [-0.05, 0) is 36.8 Å². The molecule has 2 aromatic rings. The van der Waals surface area contributed by atoms with Gasteiger partial charge in [-0.1, -0.05) is 33.6 Å². The number of pyridine rings is 1. The largest absolute Gasteiger partial charge is 0.345 e. The zero-order chi connectivity index (χ0) is 16.8. The lowest BCUT2D eigenvalue weighted by molar-refractivity contribution is -0.112. The lowest BCUT2D eigenvalue weighted by atomic mass is 10.2. The first-order valence-corrected chi connectivity index (χ1v) is 7.72. The second kappa shape index (κ2) is 7.77. The summed E-state index contributed by atoms with van der Waals surface area (Å²) in [4.78, 5) is 16.2. The van der Waals surface area contributed by atoms with Crippen molar-refractivity contribution in [3.63, 3.8) is 0 Å². The van der Waals surface area contributed by atoms with Crippen molar-refractivity contribution >= 4 is 44.9 Å². The summed E-state index contributed by atoms with van der Waals surface area (Å²) in [5.41, 5.74) is 1.35. The summed E-state index contributed by atoms with van der Waals surface area (Å²) in [6.45, 7) is 1.86. The zero-order valence-electron chi connectivity index (χ0n) is 12.1. The molecule has 1 heterocycles. The van der Waals surface area contributed by atoms with Crippen LogP contribution in [0.4, 0.5) is 11.5 Å². The average molecular weight is 392 g/mol. The Labute approximate surface area is 147 Å². The molecular formula is C16H12BrClN4O. The molecule has 0 saturated carbocycles. The van der Waals surface area contributed by atoms with E-state index in [9.17, 15) is 4.79 Å². The molecule has 0 bridgehead atoms. The van der Waals surface area contributed by atoms with Gasteiger partial charge in [0.05, 0.1) is 0 Å². The number of anilines is 2. The van der Waals surface area contributed by atoms with Crippen molar-refractivity contribution in [1.29, 1.82) is 5.26 Å². The van der Waals surface area contributed by atoms with E-state index in [1.807, 2.05) is 13.0 Å². The van der Waals surface area contributed by atoms with E-state index in [1.165, 1.54) is 6.20 Å². The molecule has 23 heavy (non-hydrogen) atoms. The highest BCUT2D eigenvalue weighted by molar-refractivity contribution is 9.10. The Morgan fingerprint density at radius 2 is 2.17 bits per heavy atom. The van der Waals surface area contributed by atoms with Crippen LogP contribution in [0.3, 0.4) is 0 Å². The summed E-state index contributed by atoms with van der Waals surface area (Å²) in [6, 6.07) is 10.5. The highest BCUT2D eigenvalue weighted by Crippen LogP contribution is 2.20. The molecule has 0 aliphatic carbocycles. The molecule has 0 fully saturated rings. The maximum absolute atomic E-state index is 12.1. The van der Waals surface area contributed by atoms with Crippen LogP contribution >= 0.6 is 27.5 Å². The van der Waals surface area contributed by atoms with Crippen LogP contribution in [-0.4, -0.2) is 10.9 Å². The molecule has 116 valence electrons. The number of amides is 1. The summed E-state index contributed by atoms with van der Waals surface area (Å²) >= 11 is 9.33. The zero-order valence-corrected chi connectivity index (χ0v) is 14.4. The SMILES string of the molecule is Cc1ccc(NC(=O)/C(C#N)=C\Nc2cc(Br)ccn2)cc1Cl. The van der Waals surface area contributed by atoms with Crippen LogP contribution in [0.15, 0.2) is 52.8 Å². The number of aryl methyl sites for hydroxylation is 1. The minimum Gasteiger partial charge on any atom is -0.345 e. The molecular weight excluding hydrogens is 380 g/mol. The van der Waals surface area contributed by atoms with Gasteiger partial charge in [0.2, 0.25) is 0 Å². The monoisotopic (exact) mass is 390 g/mol. The highest BCUT2D eigenvalue weighted by atomic mass is 79.9. The number of hydrogen-bond donors (Lipinski definition) is 2. The van der Waals surface area contributed by atoms with Crippen molar-refractivity contribution in [2.24, 2.45) is 0 Å². The van der Waals surface area contributed by atoms with Crippen LogP contribution in [0.5, 0.6) is 0 Å². The normalized spacial score (nSPS) is 10.8. The molecule has 1 aromatic carbocycles. The molecule has 0 spiro atoms. The van der Waals surface area contributed by atoms with Crippen molar-refractivity contribution in [3.05, 3.63) is 63.4 Å². The predicted octanol–water partition coefficient (Wildman–Crippen LogP) is 4.26. The molecule has 0 aliphatic heterocycles. The third-order valence-corrected chi connectivity index (χ3v) is 3.78. The van der Waals surface area contributed by atoms with Crippen LogP contribution in [0.2, 0.25) is 5.02 Å². The van der Waals surface area contributed by atoms with Crippen LogP contribution in [0.25, 0.3) is 0 Å². The van der Waals surface area contributed by atoms with Gasteiger partial charge in [0.25, 0.3) is 5.91 Å². The molecule has 7 heteroatoms. The topological polar surface area (TPSA) is 77.8 Å². The molecule has 0 saturated heterocycles. The third kappa shape index (κ3) is 4.81. The van der Waals surface area contributed by atoms with Gasteiger partial charge >= 0.3 is 0 Å². The fourth-order valence-electron chi connectivity index (χ4n) is 1.65. The molecule has 0 unspecified atom stereocenters. The fourth-order valence-corrected chi connectivity index (χ4v) is 2.16. The minimum absolute atomic E-state index is 0.0801. The van der Waals surface area contributed by atoms with Crippen molar-refractivity contribution in [2.75, 3.05) is 10.6 Å². The number of nitriles is 1. The van der Waals surface area contributed by atoms with Gasteiger partial charge in [-0.2, -0.15) is 5.26 Å². The summed E-state index contributed by atoms with van der Waals surface area (Å²) in [5, 5.41) is 15.1. The summed E-state index contributed by atoms with van der Waals surface area (Å²) in [7, 11) is 0. The summed E-state index contributed by atoms with van der Waals surface area (Å²) < 4.78 is 0.834. The Morgan fingerprint density at radius 1 is 1.39 bits per heavy atom. The van der Waals surface area contributed by atoms with E-state index in [4.69, 9.17) is 16.9 Å². The number of halogens is 2. The van der Waals surface area contributed by atoms with Gasteiger partial charge in [0.15, 0.2) is 0 Å². The maximum Gasteiger partial charge on any atom is 0.267 e. The van der Waals surface area contributed by atoms with Crippen LogP contribution in [0.1, 0.15) is 5.56 Å². The van der Waals surface area contributed by atoms with Crippen LogP contribution in [0, 0.1) is 18.3 Å². The molecule has 2 rings (SSSR count). The summed E-state index contributed by atoms with van der Waals surface area (Å²) in [6.07, 6.45) is 2.90. The average Bonchev–Trinajstić information content (AvgIpc) is 2.51. The van der Waals surface area contributed by atoms with Crippen molar-refractivity contribution in [2.45, 2.75) is 6.92 Å². The van der Waals surface area contributed by atoms with Crippen molar-refractivity contribution < 1.29 is 4.79 Å². The van der Waals surface area contributed by atoms with Gasteiger partial charge in [0, 0.05) is 27.6 Å². The Morgan fingerprint density at radius 3 is 2.83 bits per heavy atom. The Balaban J connectivity index is 2.10.